The van der Waals surface area contributed by atoms with Crippen molar-refractivity contribution in [2.75, 3.05) is 0 Å². The standard InChI is InChI=1S/C16H15BrCl2/c1-10(2)11-3-5-12(6-4-11)16(17)13-7-8-14(18)15(19)9-13/h3-10,16H,1-2H3. The van der Waals surface area contributed by atoms with Gasteiger partial charge in [0.05, 0.1) is 14.9 Å². The van der Waals surface area contributed by atoms with E-state index < -0.39 is 0 Å². The van der Waals surface area contributed by atoms with Crippen LogP contribution in [0.4, 0.5) is 0 Å². The Balaban J connectivity index is 2.27. The molecule has 0 aliphatic rings. The minimum atomic E-state index is 0.128. The third kappa shape index (κ3) is 3.53. The summed E-state index contributed by atoms with van der Waals surface area (Å²) in [5, 5.41) is 1.17. The van der Waals surface area contributed by atoms with Crippen LogP contribution in [0.3, 0.4) is 0 Å². The van der Waals surface area contributed by atoms with Gasteiger partial charge in [0, 0.05) is 0 Å². The van der Waals surface area contributed by atoms with E-state index in [1.54, 1.807) is 0 Å². The Bertz CT molecular complexity index is 561. The van der Waals surface area contributed by atoms with Crippen molar-refractivity contribution in [3.8, 4) is 0 Å². The zero-order chi connectivity index (χ0) is 14.0. The molecule has 0 heterocycles. The van der Waals surface area contributed by atoms with Crippen molar-refractivity contribution in [1.29, 1.82) is 0 Å². The van der Waals surface area contributed by atoms with E-state index in [0.717, 1.165) is 5.56 Å². The van der Waals surface area contributed by atoms with Crippen LogP contribution in [-0.2, 0) is 0 Å². The van der Waals surface area contributed by atoms with Crippen LogP contribution >= 0.6 is 39.1 Å². The van der Waals surface area contributed by atoms with Crippen LogP contribution < -0.4 is 0 Å². The minimum Gasteiger partial charge on any atom is -0.0827 e. The Morgan fingerprint density at radius 3 is 1.84 bits per heavy atom. The van der Waals surface area contributed by atoms with E-state index in [4.69, 9.17) is 23.2 Å². The number of rotatable bonds is 3. The number of halogens is 3. The van der Waals surface area contributed by atoms with E-state index >= 15 is 0 Å². The molecule has 2 aromatic carbocycles. The molecule has 0 aliphatic heterocycles. The monoisotopic (exact) mass is 356 g/mol. The molecule has 2 aromatic rings. The van der Waals surface area contributed by atoms with E-state index in [0.29, 0.717) is 16.0 Å². The first-order chi connectivity index (χ1) is 8.99. The Morgan fingerprint density at radius 2 is 1.32 bits per heavy atom. The first-order valence-corrected chi connectivity index (χ1v) is 7.85. The lowest BCUT2D eigenvalue weighted by Gasteiger charge is -2.13. The lowest BCUT2D eigenvalue weighted by atomic mass is 9.99. The zero-order valence-electron chi connectivity index (χ0n) is 10.8. The van der Waals surface area contributed by atoms with Crippen LogP contribution in [0.25, 0.3) is 0 Å². The van der Waals surface area contributed by atoms with Crippen molar-refractivity contribution >= 4 is 39.1 Å². The van der Waals surface area contributed by atoms with Gasteiger partial charge >= 0.3 is 0 Å². The third-order valence-corrected chi connectivity index (χ3v) is 4.93. The molecule has 0 aliphatic carbocycles. The highest BCUT2D eigenvalue weighted by molar-refractivity contribution is 9.09. The molecule has 100 valence electrons. The maximum Gasteiger partial charge on any atom is 0.0645 e. The number of alkyl halides is 1. The molecule has 19 heavy (non-hydrogen) atoms. The first-order valence-electron chi connectivity index (χ1n) is 6.18. The number of hydrogen-bond donors (Lipinski definition) is 0. The van der Waals surface area contributed by atoms with Gasteiger partial charge in [-0.15, -0.1) is 0 Å². The summed E-state index contributed by atoms with van der Waals surface area (Å²) in [4.78, 5) is 0.128. The Morgan fingerprint density at radius 1 is 0.789 bits per heavy atom. The fourth-order valence-corrected chi connectivity index (χ4v) is 2.81. The smallest absolute Gasteiger partial charge is 0.0645 e. The molecule has 3 heteroatoms. The average Bonchev–Trinajstić information content (AvgIpc) is 2.41. The normalized spacial score (nSPS) is 12.7. The molecule has 0 aromatic heterocycles. The third-order valence-electron chi connectivity index (χ3n) is 3.13. The summed E-state index contributed by atoms with van der Waals surface area (Å²) in [5.74, 6) is 0.549. The summed E-state index contributed by atoms with van der Waals surface area (Å²) in [5.41, 5.74) is 3.66. The van der Waals surface area contributed by atoms with E-state index in [2.05, 4.69) is 54.0 Å². The fourth-order valence-electron chi connectivity index (χ4n) is 1.91. The molecule has 0 amide bonds. The second-order valence-electron chi connectivity index (χ2n) is 4.86. The van der Waals surface area contributed by atoms with Crippen molar-refractivity contribution in [2.24, 2.45) is 0 Å². The van der Waals surface area contributed by atoms with Crippen molar-refractivity contribution in [2.45, 2.75) is 24.6 Å². The maximum atomic E-state index is 6.06. The minimum absolute atomic E-state index is 0.128. The molecule has 0 spiro atoms. The molecule has 0 radical (unpaired) electrons. The van der Waals surface area contributed by atoms with Crippen LogP contribution in [0.5, 0.6) is 0 Å². The lowest BCUT2D eigenvalue weighted by molar-refractivity contribution is 0.865. The Kier molecular flexibility index (Phi) is 4.94. The van der Waals surface area contributed by atoms with Crippen molar-refractivity contribution in [3.63, 3.8) is 0 Å². The topological polar surface area (TPSA) is 0 Å². The van der Waals surface area contributed by atoms with Crippen LogP contribution in [0.15, 0.2) is 42.5 Å². The van der Waals surface area contributed by atoms with Gasteiger partial charge in [-0.1, -0.05) is 83.3 Å². The van der Waals surface area contributed by atoms with Gasteiger partial charge in [-0.2, -0.15) is 0 Å². The Labute approximate surface area is 132 Å². The van der Waals surface area contributed by atoms with Crippen molar-refractivity contribution in [1.82, 2.24) is 0 Å². The lowest BCUT2D eigenvalue weighted by Crippen LogP contribution is -1.94. The van der Waals surface area contributed by atoms with Crippen LogP contribution in [0, 0.1) is 0 Å². The summed E-state index contributed by atoms with van der Waals surface area (Å²) in [6.07, 6.45) is 0. The molecule has 0 N–H and O–H groups in total. The first kappa shape index (κ1) is 14.9. The molecule has 0 bridgehead atoms. The predicted octanol–water partition coefficient (Wildman–Crippen LogP) is 6.60. The highest BCUT2D eigenvalue weighted by atomic mass is 79.9. The summed E-state index contributed by atoms with van der Waals surface area (Å²) in [6, 6.07) is 14.4. The van der Waals surface area contributed by atoms with Gasteiger partial charge in [-0.25, -0.2) is 0 Å². The zero-order valence-corrected chi connectivity index (χ0v) is 13.9. The fraction of sp³-hybridized carbons (Fsp3) is 0.250. The van der Waals surface area contributed by atoms with Gasteiger partial charge < -0.3 is 0 Å². The number of benzene rings is 2. The molecule has 0 saturated heterocycles. The number of hydrogen-bond acceptors (Lipinski definition) is 0. The highest BCUT2D eigenvalue weighted by Crippen LogP contribution is 2.34. The summed E-state index contributed by atoms with van der Waals surface area (Å²) >= 11 is 15.7. The van der Waals surface area contributed by atoms with Crippen LogP contribution in [-0.4, -0.2) is 0 Å². The molecule has 2 rings (SSSR count). The quantitative estimate of drug-likeness (QED) is 0.542. The van der Waals surface area contributed by atoms with Crippen LogP contribution in [0.2, 0.25) is 10.0 Å². The van der Waals surface area contributed by atoms with Gasteiger partial charge in [-0.05, 0) is 34.7 Å². The maximum absolute atomic E-state index is 6.06. The molecule has 0 nitrogen and oxygen atoms in total. The second kappa shape index (κ2) is 6.30. The van der Waals surface area contributed by atoms with Crippen LogP contribution in [0.1, 0.15) is 41.3 Å². The summed E-state index contributed by atoms with van der Waals surface area (Å²) in [7, 11) is 0. The summed E-state index contributed by atoms with van der Waals surface area (Å²) < 4.78 is 0. The molecule has 0 saturated carbocycles. The van der Waals surface area contributed by atoms with Gasteiger partial charge in [0.1, 0.15) is 0 Å². The van der Waals surface area contributed by atoms with Gasteiger partial charge in [0.15, 0.2) is 0 Å². The SMILES string of the molecule is CC(C)c1ccc(C(Br)c2ccc(Cl)c(Cl)c2)cc1. The molecular weight excluding hydrogens is 343 g/mol. The largest absolute Gasteiger partial charge is 0.0827 e. The second-order valence-corrected chi connectivity index (χ2v) is 6.59. The van der Waals surface area contributed by atoms with Gasteiger partial charge in [0.2, 0.25) is 0 Å². The van der Waals surface area contributed by atoms with E-state index in [1.807, 2.05) is 18.2 Å². The Hall–Kier alpha value is -0.500. The molecule has 0 fully saturated rings. The van der Waals surface area contributed by atoms with Crippen molar-refractivity contribution in [3.05, 3.63) is 69.2 Å². The summed E-state index contributed by atoms with van der Waals surface area (Å²) in [6.45, 7) is 4.39. The predicted molar refractivity (Wildman–Crippen MR) is 87.8 cm³/mol. The van der Waals surface area contributed by atoms with Gasteiger partial charge in [0.25, 0.3) is 0 Å². The molecule has 1 unspecified atom stereocenters. The van der Waals surface area contributed by atoms with E-state index in [1.165, 1.54) is 11.1 Å². The van der Waals surface area contributed by atoms with E-state index in [-0.39, 0.29) is 4.83 Å². The average molecular weight is 358 g/mol. The van der Waals surface area contributed by atoms with E-state index in [9.17, 15) is 0 Å². The molecular formula is C16H15BrCl2. The van der Waals surface area contributed by atoms with Crippen molar-refractivity contribution < 1.29 is 0 Å². The highest BCUT2D eigenvalue weighted by Gasteiger charge is 2.12. The van der Waals surface area contributed by atoms with Gasteiger partial charge in [-0.3, -0.25) is 0 Å². The molecule has 1 atom stereocenters.